The highest BCUT2D eigenvalue weighted by atomic mass is 16.3. The predicted octanol–water partition coefficient (Wildman–Crippen LogP) is 8.17. The van der Waals surface area contributed by atoms with E-state index in [9.17, 15) is 5.11 Å². The number of hydrogen-bond donors (Lipinski definition) is 1. The van der Waals surface area contributed by atoms with Crippen molar-refractivity contribution in [2.75, 3.05) is 0 Å². The summed E-state index contributed by atoms with van der Waals surface area (Å²) in [4.78, 5) is 0. The quantitative estimate of drug-likeness (QED) is 0.302. The molecule has 0 saturated heterocycles. The molecule has 0 fully saturated rings. The van der Waals surface area contributed by atoms with E-state index in [0.717, 1.165) is 42.9 Å². The lowest BCUT2D eigenvalue weighted by molar-refractivity contribution is 0.127. The highest BCUT2D eigenvalue weighted by Gasteiger charge is 2.31. The average molecular weight is 379 g/mol. The van der Waals surface area contributed by atoms with E-state index in [0.29, 0.717) is 5.92 Å². The van der Waals surface area contributed by atoms with Crippen LogP contribution in [0.3, 0.4) is 0 Å². The molecule has 1 N–H and O–H groups in total. The van der Waals surface area contributed by atoms with Crippen molar-refractivity contribution in [3.05, 3.63) is 11.6 Å². The summed E-state index contributed by atoms with van der Waals surface area (Å²) >= 11 is 0. The van der Waals surface area contributed by atoms with Gasteiger partial charge in [-0.15, -0.1) is 0 Å². The Hall–Kier alpha value is -0.300. The molecule has 1 nitrogen and oxygen atoms in total. The van der Waals surface area contributed by atoms with Crippen LogP contribution in [0.5, 0.6) is 0 Å². The third-order valence-corrected chi connectivity index (χ3v) is 7.12. The summed E-state index contributed by atoms with van der Waals surface area (Å²) in [6.45, 7) is 14.1. The molecule has 27 heavy (non-hydrogen) atoms. The Balaban J connectivity index is 2.88. The first-order valence-corrected chi connectivity index (χ1v) is 12.3. The molecule has 2 unspecified atom stereocenters. The number of aliphatic hydroxyl groups is 1. The third kappa shape index (κ3) is 9.16. The number of aliphatic hydroxyl groups excluding tert-OH is 1. The molecule has 0 aromatic carbocycles. The van der Waals surface area contributed by atoms with E-state index in [4.69, 9.17) is 0 Å². The average Bonchev–Trinajstić information content (AvgIpc) is 2.65. The van der Waals surface area contributed by atoms with Gasteiger partial charge in [-0.3, -0.25) is 0 Å². The van der Waals surface area contributed by atoms with Gasteiger partial charge in [-0.25, -0.2) is 0 Å². The van der Waals surface area contributed by atoms with Crippen molar-refractivity contribution < 1.29 is 5.11 Å². The van der Waals surface area contributed by atoms with E-state index in [1.165, 1.54) is 57.8 Å². The zero-order chi connectivity index (χ0) is 20.2. The van der Waals surface area contributed by atoms with Gasteiger partial charge in [0, 0.05) is 0 Å². The summed E-state index contributed by atoms with van der Waals surface area (Å²) in [6, 6.07) is 0. The first-order valence-electron chi connectivity index (χ1n) is 12.3. The molecule has 1 rings (SSSR count). The molecule has 1 aliphatic rings. The van der Waals surface area contributed by atoms with Crippen LogP contribution < -0.4 is 0 Å². The van der Waals surface area contributed by atoms with Crippen molar-refractivity contribution >= 4 is 0 Å². The van der Waals surface area contributed by atoms with Gasteiger partial charge in [0.2, 0.25) is 0 Å². The van der Waals surface area contributed by atoms with E-state index in [-0.39, 0.29) is 6.10 Å². The Bertz CT molecular complexity index is 397. The van der Waals surface area contributed by atoms with E-state index in [1.54, 1.807) is 5.57 Å². The summed E-state index contributed by atoms with van der Waals surface area (Å²) < 4.78 is 0. The molecule has 1 heteroatoms. The predicted molar refractivity (Wildman–Crippen MR) is 121 cm³/mol. The Kier molecular flexibility index (Phi) is 12.6. The van der Waals surface area contributed by atoms with Gasteiger partial charge < -0.3 is 5.11 Å². The lowest BCUT2D eigenvalue weighted by Crippen LogP contribution is -2.27. The molecule has 0 bridgehead atoms. The van der Waals surface area contributed by atoms with Crippen LogP contribution in [0, 0.1) is 29.6 Å². The molecule has 1 aliphatic carbocycles. The van der Waals surface area contributed by atoms with E-state index < -0.39 is 0 Å². The van der Waals surface area contributed by atoms with E-state index >= 15 is 0 Å². The molecule has 0 aliphatic heterocycles. The molecule has 0 saturated carbocycles. The number of unbranched alkanes of at least 4 members (excludes halogenated alkanes) is 1. The van der Waals surface area contributed by atoms with Crippen LogP contribution in [0.15, 0.2) is 11.6 Å². The standard InChI is InChI=1S/C26H50O/c1-7-10-11-24(27)18-19-26(23-16-13-21(6)14-17-23)25(9-3)22(8-2)15-12-20(4)5/h16,20-22,24-27H,7-15,17-19H2,1-6H3/t21-,22-,24+,25?,26?/m0/s1. The lowest BCUT2D eigenvalue weighted by atomic mass is 9.68. The molecule has 5 atom stereocenters. The molecular weight excluding hydrogens is 328 g/mol. The van der Waals surface area contributed by atoms with Gasteiger partial charge >= 0.3 is 0 Å². The van der Waals surface area contributed by atoms with Gasteiger partial charge in [0.15, 0.2) is 0 Å². The minimum absolute atomic E-state index is 0.0937. The third-order valence-electron chi connectivity index (χ3n) is 7.12. The van der Waals surface area contributed by atoms with Crippen LogP contribution >= 0.6 is 0 Å². The summed E-state index contributed by atoms with van der Waals surface area (Å²) in [5.74, 6) is 4.01. The fourth-order valence-electron chi connectivity index (χ4n) is 5.17. The lowest BCUT2D eigenvalue weighted by Gasteiger charge is -2.37. The molecule has 0 aromatic rings. The topological polar surface area (TPSA) is 20.2 Å². The maximum absolute atomic E-state index is 10.5. The van der Waals surface area contributed by atoms with Crippen molar-refractivity contribution in [3.8, 4) is 0 Å². The Morgan fingerprint density at radius 1 is 1.00 bits per heavy atom. The molecule has 0 amide bonds. The normalized spacial score (nSPS) is 22.4. The monoisotopic (exact) mass is 378 g/mol. The first-order chi connectivity index (χ1) is 12.9. The second-order valence-electron chi connectivity index (χ2n) is 9.85. The number of allylic oxidation sites excluding steroid dienone is 2. The van der Waals surface area contributed by atoms with Gasteiger partial charge in [-0.2, -0.15) is 0 Å². The van der Waals surface area contributed by atoms with Gasteiger partial charge in [0.05, 0.1) is 6.10 Å². The SMILES string of the molecule is CCCC[C@@H](O)CCC(C1=CC[C@H](C)CC1)C(CC)[C@@H](CC)CCC(C)C. The minimum atomic E-state index is -0.0937. The van der Waals surface area contributed by atoms with Gasteiger partial charge in [0.1, 0.15) is 0 Å². The van der Waals surface area contributed by atoms with Crippen LogP contribution in [-0.2, 0) is 0 Å². The van der Waals surface area contributed by atoms with Crippen molar-refractivity contribution in [2.45, 2.75) is 125 Å². The summed E-state index contributed by atoms with van der Waals surface area (Å²) in [5.41, 5.74) is 1.74. The van der Waals surface area contributed by atoms with E-state index in [2.05, 4.69) is 47.6 Å². The first kappa shape index (κ1) is 24.7. The van der Waals surface area contributed by atoms with Crippen molar-refractivity contribution in [1.29, 1.82) is 0 Å². The number of rotatable bonds is 14. The fraction of sp³-hybridized carbons (Fsp3) is 0.923. The van der Waals surface area contributed by atoms with Crippen molar-refractivity contribution in [1.82, 2.24) is 0 Å². The summed E-state index contributed by atoms with van der Waals surface area (Å²) in [7, 11) is 0. The Morgan fingerprint density at radius 3 is 2.26 bits per heavy atom. The van der Waals surface area contributed by atoms with Crippen LogP contribution in [0.2, 0.25) is 0 Å². The summed E-state index contributed by atoms with van der Waals surface area (Å²) in [5, 5.41) is 10.5. The zero-order valence-corrected chi connectivity index (χ0v) is 19.5. The zero-order valence-electron chi connectivity index (χ0n) is 19.5. The number of hydrogen-bond acceptors (Lipinski definition) is 1. The van der Waals surface area contributed by atoms with Crippen LogP contribution in [-0.4, -0.2) is 11.2 Å². The van der Waals surface area contributed by atoms with Gasteiger partial charge in [0.25, 0.3) is 0 Å². The fourth-order valence-corrected chi connectivity index (χ4v) is 5.17. The highest BCUT2D eigenvalue weighted by molar-refractivity contribution is 5.12. The van der Waals surface area contributed by atoms with Gasteiger partial charge in [-0.05, 0) is 74.5 Å². The maximum atomic E-state index is 10.5. The highest BCUT2D eigenvalue weighted by Crippen LogP contribution is 2.41. The molecule has 0 spiro atoms. The van der Waals surface area contributed by atoms with Crippen LogP contribution in [0.4, 0.5) is 0 Å². The minimum Gasteiger partial charge on any atom is -0.393 e. The van der Waals surface area contributed by atoms with Crippen molar-refractivity contribution in [3.63, 3.8) is 0 Å². The second-order valence-corrected chi connectivity index (χ2v) is 9.85. The second kappa shape index (κ2) is 13.8. The smallest absolute Gasteiger partial charge is 0.0540 e. The molecule has 0 radical (unpaired) electrons. The molecular formula is C26H50O. The van der Waals surface area contributed by atoms with Crippen LogP contribution in [0.25, 0.3) is 0 Å². The Labute approximate surface area is 171 Å². The maximum Gasteiger partial charge on any atom is 0.0540 e. The van der Waals surface area contributed by atoms with Gasteiger partial charge in [-0.1, -0.05) is 85.3 Å². The Morgan fingerprint density at radius 2 is 1.74 bits per heavy atom. The van der Waals surface area contributed by atoms with E-state index in [1.807, 2.05) is 0 Å². The van der Waals surface area contributed by atoms with Crippen molar-refractivity contribution in [2.24, 2.45) is 29.6 Å². The molecule has 0 heterocycles. The largest absolute Gasteiger partial charge is 0.393 e. The summed E-state index contributed by atoms with van der Waals surface area (Å²) in [6.07, 6.45) is 17.3. The molecule has 0 aromatic heterocycles. The molecule has 160 valence electrons. The van der Waals surface area contributed by atoms with Crippen LogP contribution in [0.1, 0.15) is 119 Å².